The van der Waals surface area contributed by atoms with Crippen molar-refractivity contribution in [2.45, 2.75) is 32.9 Å². The molecule has 0 saturated heterocycles. The van der Waals surface area contributed by atoms with E-state index in [1.165, 1.54) is 0 Å². The number of aromatic amines is 1. The first-order chi connectivity index (χ1) is 8.56. The van der Waals surface area contributed by atoms with Crippen LogP contribution in [-0.4, -0.2) is 20.8 Å². The summed E-state index contributed by atoms with van der Waals surface area (Å²) in [6.07, 6.45) is 5.35. The van der Waals surface area contributed by atoms with E-state index in [4.69, 9.17) is 4.84 Å². The second-order valence-electron chi connectivity index (χ2n) is 5.05. The number of hydrogen-bond acceptors (Lipinski definition) is 4. The summed E-state index contributed by atoms with van der Waals surface area (Å²) in [6, 6.07) is 3.90. The van der Waals surface area contributed by atoms with Gasteiger partial charge in [0.2, 0.25) is 0 Å². The summed E-state index contributed by atoms with van der Waals surface area (Å²) in [7, 11) is 0. The predicted octanol–water partition coefficient (Wildman–Crippen LogP) is 2.29. The van der Waals surface area contributed by atoms with Crippen molar-refractivity contribution in [2.75, 3.05) is 0 Å². The molecular formula is C13H18N4O. The Bertz CT molecular complexity index is 487. The fraction of sp³-hybridized carbons (Fsp3) is 0.385. The average molecular weight is 246 g/mol. The summed E-state index contributed by atoms with van der Waals surface area (Å²) in [4.78, 5) is 9.59. The zero-order valence-corrected chi connectivity index (χ0v) is 10.9. The lowest BCUT2D eigenvalue weighted by molar-refractivity contribution is -0.0757. The lowest BCUT2D eigenvalue weighted by Gasteiger charge is -2.19. The van der Waals surface area contributed by atoms with Gasteiger partial charge < -0.3 is 0 Å². The van der Waals surface area contributed by atoms with E-state index < -0.39 is 0 Å². The van der Waals surface area contributed by atoms with Crippen molar-refractivity contribution < 1.29 is 4.84 Å². The number of nitrogens with one attached hydrogen (secondary N) is 2. The van der Waals surface area contributed by atoms with Crippen LogP contribution in [0.5, 0.6) is 0 Å². The van der Waals surface area contributed by atoms with E-state index in [-0.39, 0.29) is 5.60 Å². The Morgan fingerprint density at radius 3 is 2.83 bits per heavy atom. The molecule has 96 valence electrons. The van der Waals surface area contributed by atoms with Crippen LogP contribution in [0, 0.1) is 0 Å². The third-order valence-corrected chi connectivity index (χ3v) is 2.31. The Morgan fingerprint density at radius 2 is 2.17 bits per heavy atom. The van der Waals surface area contributed by atoms with Crippen LogP contribution in [0.3, 0.4) is 0 Å². The van der Waals surface area contributed by atoms with E-state index in [0.29, 0.717) is 6.54 Å². The molecule has 0 radical (unpaired) electrons. The van der Waals surface area contributed by atoms with Crippen molar-refractivity contribution in [1.82, 2.24) is 20.7 Å². The molecule has 0 unspecified atom stereocenters. The molecule has 0 aromatic carbocycles. The van der Waals surface area contributed by atoms with Gasteiger partial charge in [-0.15, -0.1) is 0 Å². The maximum atomic E-state index is 5.49. The summed E-state index contributed by atoms with van der Waals surface area (Å²) >= 11 is 0. The Morgan fingerprint density at radius 1 is 1.33 bits per heavy atom. The molecule has 0 bridgehead atoms. The molecule has 2 aromatic heterocycles. The standard InChI is InChI=1S/C13H18N4O/c1-13(2,3)18-16-9-11-8-15-17-12(11)10-5-4-6-14-7-10/h4-8,16H,9H2,1-3H3,(H,15,17). The van der Waals surface area contributed by atoms with E-state index in [2.05, 4.69) is 20.7 Å². The minimum absolute atomic E-state index is 0.210. The molecule has 2 heterocycles. The van der Waals surface area contributed by atoms with Crippen LogP contribution in [0.15, 0.2) is 30.7 Å². The lowest BCUT2D eigenvalue weighted by atomic mass is 10.1. The summed E-state index contributed by atoms with van der Waals surface area (Å²) in [6.45, 7) is 6.59. The highest BCUT2D eigenvalue weighted by Crippen LogP contribution is 2.19. The van der Waals surface area contributed by atoms with Crippen LogP contribution < -0.4 is 5.48 Å². The highest BCUT2D eigenvalue weighted by atomic mass is 16.7. The maximum Gasteiger partial charge on any atom is 0.0813 e. The van der Waals surface area contributed by atoms with Gasteiger partial charge >= 0.3 is 0 Å². The number of aromatic nitrogens is 3. The average Bonchev–Trinajstić information content (AvgIpc) is 2.77. The van der Waals surface area contributed by atoms with Gasteiger partial charge in [-0.25, -0.2) is 0 Å². The summed E-state index contributed by atoms with van der Waals surface area (Å²) in [5.41, 5.74) is 5.78. The SMILES string of the molecule is CC(C)(C)ONCc1cn[nH]c1-c1cccnc1. The minimum atomic E-state index is -0.210. The molecule has 2 aromatic rings. The van der Waals surface area contributed by atoms with Gasteiger partial charge in [0.25, 0.3) is 0 Å². The second-order valence-corrected chi connectivity index (χ2v) is 5.05. The molecular weight excluding hydrogens is 228 g/mol. The van der Waals surface area contributed by atoms with Crippen molar-refractivity contribution in [3.63, 3.8) is 0 Å². The normalized spacial score (nSPS) is 11.7. The van der Waals surface area contributed by atoms with Gasteiger partial charge in [0, 0.05) is 30.1 Å². The summed E-state index contributed by atoms with van der Waals surface area (Å²) in [5, 5.41) is 7.05. The molecule has 2 N–H and O–H groups in total. The topological polar surface area (TPSA) is 62.8 Å². The van der Waals surface area contributed by atoms with Crippen LogP contribution in [0.2, 0.25) is 0 Å². The Balaban J connectivity index is 2.05. The third kappa shape index (κ3) is 3.38. The van der Waals surface area contributed by atoms with Gasteiger partial charge in [-0.3, -0.25) is 14.9 Å². The monoisotopic (exact) mass is 246 g/mol. The van der Waals surface area contributed by atoms with Crippen molar-refractivity contribution in [3.8, 4) is 11.3 Å². The van der Waals surface area contributed by atoms with E-state index in [9.17, 15) is 0 Å². The van der Waals surface area contributed by atoms with Gasteiger partial charge in [0.1, 0.15) is 0 Å². The number of hydroxylamine groups is 1. The van der Waals surface area contributed by atoms with Gasteiger partial charge in [0.15, 0.2) is 0 Å². The third-order valence-electron chi connectivity index (χ3n) is 2.31. The molecule has 2 rings (SSSR count). The van der Waals surface area contributed by atoms with Crippen molar-refractivity contribution in [2.24, 2.45) is 0 Å². The van der Waals surface area contributed by atoms with Gasteiger partial charge in [-0.1, -0.05) is 0 Å². The molecule has 5 nitrogen and oxygen atoms in total. The number of H-pyrrole nitrogens is 1. The minimum Gasteiger partial charge on any atom is -0.296 e. The van der Waals surface area contributed by atoms with Gasteiger partial charge in [0.05, 0.1) is 17.5 Å². The van der Waals surface area contributed by atoms with E-state index in [1.807, 2.05) is 39.1 Å². The molecule has 0 spiro atoms. The van der Waals surface area contributed by atoms with Gasteiger partial charge in [-0.2, -0.15) is 10.6 Å². The molecule has 18 heavy (non-hydrogen) atoms. The molecule has 0 aliphatic carbocycles. The number of hydrogen-bond donors (Lipinski definition) is 2. The van der Waals surface area contributed by atoms with Crippen LogP contribution >= 0.6 is 0 Å². The molecule has 0 fully saturated rings. The molecule has 0 aliphatic heterocycles. The quantitative estimate of drug-likeness (QED) is 0.812. The Hall–Kier alpha value is -1.72. The number of nitrogens with zero attached hydrogens (tertiary/aromatic N) is 2. The molecule has 0 aliphatic rings. The first-order valence-corrected chi connectivity index (χ1v) is 5.90. The highest BCUT2D eigenvalue weighted by molar-refractivity contribution is 5.61. The fourth-order valence-electron chi connectivity index (χ4n) is 1.54. The van der Waals surface area contributed by atoms with Crippen LogP contribution in [0.25, 0.3) is 11.3 Å². The van der Waals surface area contributed by atoms with E-state index in [1.54, 1.807) is 12.4 Å². The van der Waals surface area contributed by atoms with E-state index >= 15 is 0 Å². The summed E-state index contributed by atoms with van der Waals surface area (Å²) in [5.74, 6) is 0. The maximum absolute atomic E-state index is 5.49. The molecule has 0 saturated carbocycles. The first-order valence-electron chi connectivity index (χ1n) is 5.90. The smallest absolute Gasteiger partial charge is 0.0813 e. The van der Waals surface area contributed by atoms with Crippen LogP contribution in [0.4, 0.5) is 0 Å². The first kappa shape index (κ1) is 12.7. The Kier molecular flexibility index (Phi) is 3.74. The van der Waals surface area contributed by atoms with Crippen LogP contribution in [0.1, 0.15) is 26.3 Å². The predicted molar refractivity (Wildman–Crippen MR) is 69.5 cm³/mol. The lowest BCUT2D eigenvalue weighted by Crippen LogP contribution is -2.28. The van der Waals surface area contributed by atoms with Gasteiger partial charge in [-0.05, 0) is 32.9 Å². The second kappa shape index (κ2) is 5.29. The summed E-state index contributed by atoms with van der Waals surface area (Å²) < 4.78 is 0. The van der Waals surface area contributed by atoms with Crippen LogP contribution in [-0.2, 0) is 11.4 Å². The molecule has 0 atom stereocenters. The Labute approximate surface area is 107 Å². The number of rotatable bonds is 4. The van der Waals surface area contributed by atoms with Crippen molar-refractivity contribution in [3.05, 3.63) is 36.3 Å². The largest absolute Gasteiger partial charge is 0.296 e. The number of pyridine rings is 1. The zero-order valence-electron chi connectivity index (χ0n) is 10.9. The van der Waals surface area contributed by atoms with Crippen molar-refractivity contribution in [1.29, 1.82) is 0 Å². The fourth-order valence-corrected chi connectivity index (χ4v) is 1.54. The highest BCUT2D eigenvalue weighted by Gasteiger charge is 2.12. The van der Waals surface area contributed by atoms with E-state index in [0.717, 1.165) is 16.8 Å². The zero-order chi connectivity index (χ0) is 13.0. The molecule has 0 amide bonds. The molecule has 5 heteroatoms. The van der Waals surface area contributed by atoms with Crippen molar-refractivity contribution >= 4 is 0 Å².